The van der Waals surface area contributed by atoms with E-state index in [4.69, 9.17) is 5.11 Å². The maximum atomic E-state index is 12.7. The fourth-order valence-corrected chi connectivity index (χ4v) is 3.36. The lowest BCUT2D eigenvalue weighted by molar-refractivity contribution is -0.117. The summed E-state index contributed by atoms with van der Waals surface area (Å²) in [6.07, 6.45) is -1.36. The average Bonchev–Trinajstić information content (AvgIpc) is 2.76. The Labute approximate surface area is 171 Å². The number of H-pyrrole nitrogens is 1. The number of fused-ring (bicyclic) bond motifs is 1. The number of rotatable bonds is 8. The van der Waals surface area contributed by atoms with Crippen molar-refractivity contribution in [3.63, 3.8) is 0 Å². The molecular weight excluding hydrogens is 390 g/mol. The monoisotopic (exact) mass is 413 g/mol. The number of nitrogens with one attached hydrogen (secondary N) is 2. The molecule has 0 fully saturated rings. The summed E-state index contributed by atoms with van der Waals surface area (Å²) in [6.45, 7) is 1.07. The van der Waals surface area contributed by atoms with Crippen molar-refractivity contribution in [2.45, 2.75) is 31.3 Å². The van der Waals surface area contributed by atoms with Crippen LogP contribution in [0.15, 0.2) is 47.5 Å². The number of aldehydes is 1. The van der Waals surface area contributed by atoms with Gasteiger partial charge in [0.2, 0.25) is 0 Å². The van der Waals surface area contributed by atoms with E-state index >= 15 is 0 Å². The van der Waals surface area contributed by atoms with Crippen LogP contribution < -0.4 is 10.9 Å². The summed E-state index contributed by atoms with van der Waals surface area (Å²) in [5, 5.41) is 41.9. The number of carbonyl (C=O) groups is 1. The van der Waals surface area contributed by atoms with E-state index in [9.17, 15) is 24.9 Å². The molecule has 0 aliphatic carbocycles. The topological polar surface area (TPSA) is 156 Å². The molecule has 0 bridgehead atoms. The van der Waals surface area contributed by atoms with Crippen LogP contribution in [0.5, 0.6) is 0 Å². The molecule has 0 aliphatic rings. The van der Waals surface area contributed by atoms with Gasteiger partial charge in [0, 0.05) is 23.5 Å². The molecule has 2 heterocycles. The third-order valence-electron chi connectivity index (χ3n) is 5.02. The van der Waals surface area contributed by atoms with E-state index in [1.54, 1.807) is 42.7 Å². The summed E-state index contributed by atoms with van der Waals surface area (Å²) >= 11 is 0. The second-order valence-corrected chi connectivity index (χ2v) is 6.99. The number of aryl methyl sites for hydroxylation is 1. The van der Waals surface area contributed by atoms with Crippen LogP contribution in [-0.4, -0.2) is 67.6 Å². The van der Waals surface area contributed by atoms with Crippen molar-refractivity contribution in [1.29, 1.82) is 0 Å². The van der Waals surface area contributed by atoms with Crippen molar-refractivity contribution in [1.82, 2.24) is 9.97 Å². The predicted molar refractivity (Wildman–Crippen MR) is 111 cm³/mol. The van der Waals surface area contributed by atoms with E-state index in [0.717, 1.165) is 16.5 Å². The highest BCUT2D eigenvalue weighted by atomic mass is 16.4. The second kappa shape index (κ2) is 9.14. The van der Waals surface area contributed by atoms with Crippen LogP contribution in [0.4, 0.5) is 5.69 Å². The summed E-state index contributed by atoms with van der Waals surface area (Å²) in [5.41, 5.74) is 2.71. The van der Waals surface area contributed by atoms with Crippen LogP contribution in [0.25, 0.3) is 22.0 Å². The highest BCUT2D eigenvalue weighted by Gasteiger charge is 2.31. The maximum Gasteiger partial charge on any atom is 0.256 e. The standard InChI is InChI=1S/C21H23N3O6/c1-11-14-3-2-13(23-16(9-25)19(28)20(29)17(27)10-26)8-15(14)24-21(30)18(11)12-4-6-22-7-5-12/h2-9,16-17,19-20,23,26-29H,10H2,1H3,(H,24,30)/t16-,17+,19+,20+/m0/s1. The minimum atomic E-state index is -1.72. The largest absolute Gasteiger partial charge is 0.394 e. The molecule has 2 aromatic heterocycles. The lowest BCUT2D eigenvalue weighted by Crippen LogP contribution is -2.49. The Hall–Kier alpha value is -3.11. The molecule has 0 unspecified atom stereocenters. The molecule has 0 amide bonds. The molecule has 6 N–H and O–H groups in total. The summed E-state index contributed by atoms with van der Waals surface area (Å²) in [6, 6.07) is 7.30. The molecule has 3 aromatic rings. The van der Waals surface area contributed by atoms with Crippen molar-refractivity contribution >= 4 is 22.9 Å². The number of carbonyl (C=O) groups excluding carboxylic acids is 1. The van der Waals surface area contributed by atoms with E-state index in [1.807, 2.05) is 6.92 Å². The Morgan fingerprint density at radius 2 is 1.83 bits per heavy atom. The van der Waals surface area contributed by atoms with E-state index in [1.165, 1.54) is 0 Å². The van der Waals surface area contributed by atoms with Crippen LogP contribution >= 0.6 is 0 Å². The minimum Gasteiger partial charge on any atom is -0.394 e. The zero-order valence-corrected chi connectivity index (χ0v) is 16.2. The SMILES string of the molecule is Cc1c(-c2ccncc2)c(=O)[nH]c2cc(N[C@@H](C=O)[C@@H](O)[C@H](O)[C@H](O)CO)ccc12. The van der Waals surface area contributed by atoms with Crippen molar-refractivity contribution < 1.29 is 25.2 Å². The number of hydrogen-bond donors (Lipinski definition) is 6. The number of anilines is 1. The summed E-state index contributed by atoms with van der Waals surface area (Å²) in [5.74, 6) is 0. The Morgan fingerprint density at radius 3 is 2.47 bits per heavy atom. The number of aliphatic hydroxyl groups is 4. The fourth-order valence-electron chi connectivity index (χ4n) is 3.36. The molecule has 0 saturated carbocycles. The number of aromatic amines is 1. The molecule has 0 aliphatic heterocycles. The van der Waals surface area contributed by atoms with E-state index in [-0.39, 0.29) is 5.56 Å². The first-order valence-corrected chi connectivity index (χ1v) is 9.31. The van der Waals surface area contributed by atoms with Crippen molar-refractivity contribution in [2.24, 2.45) is 0 Å². The third kappa shape index (κ3) is 4.24. The zero-order valence-electron chi connectivity index (χ0n) is 16.2. The molecule has 0 spiro atoms. The van der Waals surface area contributed by atoms with Crippen LogP contribution in [0, 0.1) is 6.92 Å². The fraction of sp³-hybridized carbons (Fsp3) is 0.286. The summed E-state index contributed by atoms with van der Waals surface area (Å²) in [4.78, 5) is 30.9. The van der Waals surface area contributed by atoms with E-state index in [0.29, 0.717) is 23.1 Å². The maximum absolute atomic E-state index is 12.7. The molecule has 1 aromatic carbocycles. The number of aliphatic hydroxyl groups excluding tert-OH is 4. The van der Waals surface area contributed by atoms with Gasteiger partial charge in [-0.3, -0.25) is 9.78 Å². The molecule has 30 heavy (non-hydrogen) atoms. The highest BCUT2D eigenvalue weighted by Crippen LogP contribution is 2.27. The molecule has 0 saturated heterocycles. The normalized spacial score (nSPS) is 15.4. The van der Waals surface area contributed by atoms with Gasteiger partial charge < -0.3 is 35.5 Å². The lowest BCUT2D eigenvalue weighted by Gasteiger charge is -2.27. The van der Waals surface area contributed by atoms with Crippen LogP contribution in [-0.2, 0) is 4.79 Å². The van der Waals surface area contributed by atoms with Gasteiger partial charge in [0.1, 0.15) is 30.6 Å². The van der Waals surface area contributed by atoms with Crippen molar-refractivity contribution in [2.75, 3.05) is 11.9 Å². The number of aromatic nitrogens is 2. The van der Waals surface area contributed by atoms with Gasteiger partial charge in [0.05, 0.1) is 17.7 Å². The van der Waals surface area contributed by atoms with Crippen LogP contribution in [0.1, 0.15) is 5.56 Å². The predicted octanol–water partition coefficient (Wildman–Crippen LogP) is -0.0471. The van der Waals surface area contributed by atoms with E-state index in [2.05, 4.69) is 15.3 Å². The van der Waals surface area contributed by atoms with E-state index < -0.39 is 31.0 Å². The first-order valence-electron chi connectivity index (χ1n) is 9.31. The third-order valence-corrected chi connectivity index (χ3v) is 5.02. The number of hydrogen-bond acceptors (Lipinski definition) is 8. The minimum absolute atomic E-state index is 0.281. The Balaban J connectivity index is 1.94. The first-order chi connectivity index (χ1) is 14.4. The van der Waals surface area contributed by atoms with Gasteiger partial charge in [0.25, 0.3) is 5.56 Å². The van der Waals surface area contributed by atoms with Gasteiger partial charge in [-0.05, 0) is 42.3 Å². The molecule has 158 valence electrons. The Kier molecular flexibility index (Phi) is 6.58. The average molecular weight is 413 g/mol. The molecule has 9 nitrogen and oxygen atoms in total. The number of pyridine rings is 2. The molecule has 0 radical (unpaired) electrons. The van der Waals surface area contributed by atoms with Gasteiger partial charge in [-0.15, -0.1) is 0 Å². The molecule has 9 heteroatoms. The van der Waals surface area contributed by atoms with Gasteiger partial charge in [-0.25, -0.2) is 0 Å². The highest BCUT2D eigenvalue weighted by molar-refractivity contribution is 5.90. The Bertz CT molecular complexity index is 1090. The van der Waals surface area contributed by atoms with Gasteiger partial charge in [0.15, 0.2) is 0 Å². The number of nitrogens with zero attached hydrogens (tertiary/aromatic N) is 1. The second-order valence-electron chi connectivity index (χ2n) is 6.99. The molecular formula is C21H23N3O6. The van der Waals surface area contributed by atoms with Gasteiger partial charge in [-0.2, -0.15) is 0 Å². The summed E-state index contributed by atoms with van der Waals surface area (Å²) in [7, 11) is 0. The van der Waals surface area contributed by atoms with Crippen LogP contribution in [0.3, 0.4) is 0 Å². The summed E-state index contributed by atoms with van der Waals surface area (Å²) < 4.78 is 0. The lowest BCUT2D eigenvalue weighted by atomic mass is 9.99. The Morgan fingerprint density at radius 1 is 1.13 bits per heavy atom. The smallest absolute Gasteiger partial charge is 0.256 e. The molecule has 4 atom stereocenters. The zero-order chi connectivity index (χ0) is 21.8. The van der Waals surface area contributed by atoms with Gasteiger partial charge >= 0.3 is 0 Å². The van der Waals surface area contributed by atoms with Crippen LogP contribution in [0.2, 0.25) is 0 Å². The van der Waals surface area contributed by atoms with Crippen molar-refractivity contribution in [3.8, 4) is 11.1 Å². The quantitative estimate of drug-likeness (QED) is 0.281. The van der Waals surface area contributed by atoms with Crippen molar-refractivity contribution in [3.05, 3.63) is 58.6 Å². The molecule has 3 rings (SSSR count). The first kappa shape index (κ1) is 21.6. The van der Waals surface area contributed by atoms with Gasteiger partial charge in [-0.1, -0.05) is 6.07 Å². The number of benzene rings is 1.